The third-order valence-electron chi connectivity index (χ3n) is 6.56. The molecule has 1 saturated heterocycles. The summed E-state index contributed by atoms with van der Waals surface area (Å²) in [4.78, 5) is 19.8. The predicted octanol–water partition coefficient (Wildman–Crippen LogP) is 5.99. The number of rotatable bonds is 5. The number of aryl methyl sites for hydroxylation is 2. The van der Waals surface area contributed by atoms with E-state index in [0.29, 0.717) is 0 Å². The summed E-state index contributed by atoms with van der Waals surface area (Å²) in [5.74, 6) is 0. The first-order valence-electron chi connectivity index (χ1n) is 12.0. The van der Waals surface area contributed by atoms with E-state index in [2.05, 4.69) is 40.7 Å². The lowest BCUT2D eigenvalue weighted by Gasteiger charge is -2.26. The molecule has 0 saturated carbocycles. The number of aromatic nitrogens is 1. The Morgan fingerprint density at radius 1 is 0.914 bits per heavy atom. The minimum atomic E-state index is -0.264. The number of anilines is 2. The Kier molecular flexibility index (Phi) is 6.75. The van der Waals surface area contributed by atoms with Crippen LogP contribution in [0.4, 0.5) is 16.2 Å². The molecule has 1 aliphatic rings. The number of pyridine rings is 1. The van der Waals surface area contributed by atoms with Crippen molar-refractivity contribution in [2.24, 2.45) is 0 Å². The topological polar surface area (TPSA) is 66.5 Å². The lowest BCUT2D eigenvalue weighted by molar-refractivity contribution is 0.0336. The van der Waals surface area contributed by atoms with Gasteiger partial charge in [-0.25, -0.2) is 4.79 Å². The van der Waals surface area contributed by atoms with Crippen LogP contribution in [-0.4, -0.2) is 42.2 Å². The van der Waals surface area contributed by atoms with E-state index in [1.165, 1.54) is 5.56 Å². The monoisotopic (exact) mass is 466 g/mol. The highest BCUT2D eigenvalue weighted by Crippen LogP contribution is 2.33. The standard InChI is InChI=1S/C29H30N4O2/c1-20-7-9-23(17-21(20)2)31-29(34)32-28-12-11-25(26-5-3-4-6-27(26)28)22-8-10-24(30-18-22)19-33-13-15-35-16-14-33/h3-12,17-18H,13-16,19H2,1-2H3,(H2,31,32,34). The van der Waals surface area contributed by atoms with Gasteiger partial charge in [0.2, 0.25) is 0 Å². The van der Waals surface area contributed by atoms with E-state index >= 15 is 0 Å². The number of benzene rings is 3. The molecule has 0 atom stereocenters. The van der Waals surface area contributed by atoms with Gasteiger partial charge in [-0.05, 0) is 60.2 Å². The number of nitrogens with one attached hydrogen (secondary N) is 2. The average Bonchev–Trinajstić information content (AvgIpc) is 2.88. The maximum atomic E-state index is 12.7. The smallest absolute Gasteiger partial charge is 0.323 e. The van der Waals surface area contributed by atoms with Crippen molar-refractivity contribution in [1.29, 1.82) is 0 Å². The number of morpholine rings is 1. The van der Waals surface area contributed by atoms with Crippen molar-refractivity contribution in [2.75, 3.05) is 36.9 Å². The van der Waals surface area contributed by atoms with Gasteiger partial charge < -0.3 is 15.4 Å². The van der Waals surface area contributed by atoms with Crippen LogP contribution in [0.5, 0.6) is 0 Å². The van der Waals surface area contributed by atoms with Crippen LogP contribution in [0.3, 0.4) is 0 Å². The highest BCUT2D eigenvalue weighted by atomic mass is 16.5. The third kappa shape index (κ3) is 5.34. The van der Waals surface area contributed by atoms with Crippen molar-refractivity contribution in [2.45, 2.75) is 20.4 Å². The molecular weight excluding hydrogens is 436 g/mol. The van der Waals surface area contributed by atoms with Crippen LogP contribution in [0.25, 0.3) is 21.9 Å². The molecule has 5 rings (SSSR count). The van der Waals surface area contributed by atoms with Gasteiger partial charge in [0.1, 0.15) is 0 Å². The van der Waals surface area contributed by atoms with Crippen molar-refractivity contribution in [1.82, 2.24) is 9.88 Å². The minimum Gasteiger partial charge on any atom is -0.379 e. The second-order valence-electron chi connectivity index (χ2n) is 9.01. The molecule has 6 nitrogen and oxygen atoms in total. The summed E-state index contributed by atoms with van der Waals surface area (Å²) in [6.45, 7) is 8.39. The molecule has 2 heterocycles. The fraction of sp³-hybridized carbons (Fsp3) is 0.241. The van der Waals surface area contributed by atoms with Crippen LogP contribution in [0, 0.1) is 13.8 Å². The zero-order valence-electron chi connectivity index (χ0n) is 20.2. The number of ether oxygens (including phenoxy) is 1. The maximum Gasteiger partial charge on any atom is 0.323 e. The summed E-state index contributed by atoms with van der Waals surface area (Å²) in [5.41, 5.74) is 7.08. The van der Waals surface area contributed by atoms with Gasteiger partial charge in [0.15, 0.2) is 0 Å². The summed E-state index contributed by atoms with van der Waals surface area (Å²) in [5, 5.41) is 8.01. The number of hydrogen-bond donors (Lipinski definition) is 2. The first kappa shape index (κ1) is 23.0. The molecule has 35 heavy (non-hydrogen) atoms. The molecule has 1 aliphatic heterocycles. The molecule has 178 valence electrons. The van der Waals surface area contributed by atoms with Gasteiger partial charge >= 0.3 is 6.03 Å². The van der Waals surface area contributed by atoms with Crippen LogP contribution in [0.1, 0.15) is 16.8 Å². The van der Waals surface area contributed by atoms with E-state index in [0.717, 1.165) is 77.4 Å². The van der Waals surface area contributed by atoms with Gasteiger partial charge in [0.05, 0.1) is 24.6 Å². The van der Waals surface area contributed by atoms with Crippen molar-refractivity contribution in [3.05, 3.63) is 89.7 Å². The number of carbonyl (C=O) groups excluding carboxylic acids is 1. The van der Waals surface area contributed by atoms with E-state index in [1.54, 1.807) is 0 Å². The quantitative estimate of drug-likeness (QED) is 0.379. The van der Waals surface area contributed by atoms with Crippen molar-refractivity contribution < 1.29 is 9.53 Å². The normalized spacial score (nSPS) is 14.1. The van der Waals surface area contributed by atoms with E-state index in [9.17, 15) is 4.79 Å². The number of fused-ring (bicyclic) bond motifs is 1. The Hall–Kier alpha value is -3.74. The Labute approximate surface area is 205 Å². The molecule has 0 radical (unpaired) electrons. The molecule has 0 bridgehead atoms. The molecule has 6 heteroatoms. The average molecular weight is 467 g/mol. The Morgan fingerprint density at radius 3 is 2.46 bits per heavy atom. The van der Waals surface area contributed by atoms with Crippen molar-refractivity contribution >= 4 is 28.2 Å². The number of nitrogens with zero attached hydrogens (tertiary/aromatic N) is 2. The SMILES string of the molecule is Cc1ccc(NC(=O)Nc2ccc(-c3ccc(CN4CCOCC4)nc3)c3ccccc23)cc1C. The molecule has 0 aliphatic carbocycles. The van der Waals surface area contributed by atoms with Gasteiger partial charge in [-0.3, -0.25) is 9.88 Å². The maximum absolute atomic E-state index is 12.7. The summed E-state index contributed by atoms with van der Waals surface area (Å²) < 4.78 is 5.44. The molecule has 4 aromatic rings. The van der Waals surface area contributed by atoms with Crippen molar-refractivity contribution in [3.63, 3.8) is 0 Å². The molecular formula is C29H30N4O2. The molecule has 2 N–H and O–H groups in total. The van der Waals surface area contributed by atoms with Gasteiger partial charge in [0, 0.05) is 42.5 Å². The summed E-state index contributed by atoms with van der Waals surface area (Å²) in [6, 6.07) is 22.0. The van der Waals surface area contributed by atoms with E-state index in [-0.39, 0.29) is 6.03 Å². The number of urea groups is 1. The zero-order chi connectivity index (χ0) is 24.2. The molecule has 1 fully saturated rings. The van der Waals surface area contributed by atoms with Crippen LogP contribution in [-0.2, 0) is 11.3 Å². The highest BCUT2D eigenvalue weighted by molar-refractivity contribution is 6.09. The van der Waals surface area contributed by atoms with E-state index in [4.69, 9.17) is 9.72 Å². The third-order valence-corrected chi connectivity index (χ3v) is 6.56. The molecule has 3 aromatic carbocycles. The van der Waals surface area contributed by atoms with Crippen molar-refractivity contribution in [3.8, 4) is 11.1 Å². The second-order valence-corrected chi connectivity index (χ2v) is 9.01. The fourth-order valence-electron chi connectivity index (χ4n) is 4.43. The van der Waals surface area contributed by atoms with E-state index < -0.39 is 0 Å². The molecule has 0 unspecified atom stereocenters. The van der Waals surface area contributed by atoms with Crippen LogP contribution >= 0.6 is 0 Å². The Bertz CT molecular complexity index is 1340. The number of carbonyl (C=O) groups is 1. The lowest BCUT2D eigenvalue weighted by Crippen LogP contribution is -2.35. The lowest BCUT2D eigenvalue weighted by atomic mass is 9.98. The highest BCUT2D eigenvalue weighted by Gasteiger charge is 2.13. The first-order valence-corrected chi connectivity index (χ1v) is 12.0. The molecule has 0 spiro atoms. The van der Waals surface area contributed by atoms with Crippen LogP contribution < -0.4 is 10.6 Å². The predicted molar refractivity (Wildman–Crippen MR) is 142 cm³/mol. The number of amides is 2. The van der Waals surface area contributed by atoms with E-state index in [1.807, 2.05) is 61.7 Å². The van der Waals surface area contributed by atoms with Crippen LogP contribution in [0.2, 0.25) is 0 Å². The van der Waals surface area contributed by atoms with Gasteiger partial charge in [-0.1, -0.05) is 42.5 Å². The summed E-state index contributed by atoms with van der Waals surface area (Å²) in [7, 11) is 0. The Balaban J connectivity index is 1.35. The van der Waals surface area contributed by atoms with Gasteiger partial charge in [-0.2, -0.15) is 0 Å². The first-order chi connectivity index (χ1) is 17.1. The largest absolute Gasteiger partial charge is 0.379 e. The number of hydrogen-bond acceptors (Lipinski definition) is 4. The summed E-state index contributed by atoms with van der Waals surface area (Å²) in [6.07, 6.45) is 1.94. The Morgan fingerprint density at radius 2 is 1.71 bits per heavy atom. The minimum absolute atomic E-state index is 0.264. The summed E-state index contributed by atoms with van der Waals surface area (Å²) >= 11 is 0. The van der Waals surface area contributed by atoms with Crippen LogP contribution in [0.15, 0.2) is 72.9 Å². The molecule has 2 amide bonds. The second kappa shape index (κ2) is 10.3. The fourth-order valence-corrected chi connectivity index (χ4v) is 4.43. The zero-order valence-corrected chi connectivity index (χ0v) is 20.2. The molecule has 1 aromatic heterocycles. The van der Waals surface area contributed by atoms with Gasteiger partial charge in [0.25, 0.3) is 0 Å². The van der Waals surface area contributed by atoms with Gasteiger partial charge in [-0.15, -0.1) is 0 Å².